The SMILES string of the molecule is O=C1/C(=C/c2oc(-c3ccc(Cl)cc3)cc2CCCN2CCN(Cl)CC2)SC(=S)N1C1C2CC3CC(C2)CC1C3. The van der Waals surface area contributed by atoms with Crippen molar-refractivity contribution >= 4 is 63.7 Å². The quantitative estimate of drug-likeness (QED) is 0.184. The van der Waals surface area contributed by atoms with Gasteiger partial charge in [0.15, 0.2) is 0 Å². The van der Waals surface area contributed by atoms with E-state index in [-0.39, 0.29) is 11.9 Å². The fraction of sp³-hybridized carbons (Fsp3) is 0.548. The summed E-state index contributed by atoms with van der Waals surface area (Å²) in [5.74, 6) is 4.57. The van der Waals surface area contributed by atoms with Gasteiger partial charge in [0.05, 0.1) is 4.91 Å². The normalized spacial score (nSPS) is 31.7. The lowest BCUT2D eigenvalue weighted by Gasteiger charge is -2.56. The van der Waals surface area contributed by atoms with E-state index in [0.717, 1.165) is 84.4 Å². The van der Waals surface area contributed by atoms with Gasteiger partial charge in [-0.3, -0.25) is 9.69 Å². The molecule has 8 rings (SSSR count). The number of carbonyl (C=O) groups is 1. The molecule has 40 heavy (non-hydrogen) atoms. The minimum Gasteiger partial charge on any atom is -0.456 e. The minimum absolute atomic E-state index is 0.0711. The van der Waals surface area contributed by atoms with Crippen LogP contribution >= 0.6 is 47.4 Å². The van der Waals surface area contributed by atoms with Crippen LogP contribution in [-0.2, 0) is 11.2 Å². The first-order valence-corrected chi connectivity index (χ1v) is 16.6. The van der Waals surface area contributed by atoms with E-state index in [4.69, 9.17) is 40.0 Å². The van der Waals surface area contributed by atoms with Crippen LogP contribution in [0.4, 0.5) is 0 Å². The van der Waals surface area contributed by atoms with Crippen LogP contribution in [0.25, 0.3) is 17.4 Å². The van der Waals surface area contributed by atoms with Crippen LogP contribution in [0.1, 0.15) is 49.8 Å². The van der Waals surface area contributed by atoms with Crippen molar-refractivity contribution in [2.45, 2.75) is 51.0 Å². The van der Waals surface area contributed by atoms with Crippen LogP contribution in [0.15, 0.2) is 39.7 Å². The van der Waals surface area contributed by atoms with Gasteiger partial charge in [-0.15, -0.1) is 0 Å². The molecule has 9 heteroatoms. The van der Waals surface area contributed by atoms with Gasteiger partial charge >= 0.3 is 0 Å². The molecule has 0 N–H and O–H groups in total. The van der Waals surface area contributed by atoms with Gasteiger partial charge in [-0.1, -0.05) is 35.6 Å². The highest BCUT2D eigenvalue weighted by Gasteiger charge is 2.53. The Balaban J connectivity index is 1.12. The number of furan rings is 1. The summed E-state index contributed by atoms with van der Waals surface area (Å²) >= 11 is 19.6. The van der Waals surface area contributed by atoms with Crippen LogP contribution in [0, 0.1) is 23.7 Å². The minimum atomic E-state index is 0.0711. The molecule has 1 aromatic heterocycles. The number of aryl methyl sites for hydroxylation is 1. The van der Waals surface area contributed by atoms with Crippen LogP contribution in [-0.4, -0.2) is 63.2 Å². The topological polar surface area (TPSA) is 39.9 Å². The van der Waals surface area contributed by atoms with Crippen molar-refractivity contribution in [1.29, 1.82) is 0 Å². The zero-order chi connectivity index (χ0) is 27.4. The molecule has 0 radical (unpaired) electrons. The summed E-state index contributed by atoms with van der Waals surface area (Å²) in [5.41, 5.74) is 2.10. The second kappa shape index (κ2) is 11.4. The van der Waals surface area contributed by atoms with Crippen molar-refractivity contribution in [2.24, 2.45) is 23.7 Å². The highest BCUT2D eigenvalue weighted by molar-refractivity contribution is 8.26. The van der Waals surface area contributed by atoms with Crippen LogP contribution in [0.3, 0.4) is 0 Å². The predicted molar refractivity (Wildman–Crippen MR) is 167 cm³/mol. The van der Waals surface area contributed by atoms with Crippen molar-refractivity contribution in [3.63, 3.8) is 0 Å². The first-order valence-electron chi connectivity index (χ1n) is 14.7. The number of piperazine rings is 1. The maximum atomic E-state index is 13.9. The van der Waals surface area contributed by atoms with Crippen LogP contribution in [0.5, 0.6) is 0 Å². The Hall–Kier alpha value is -1.35. The Morgan fingerprint density at radius 2 is 1.68 bits per heavy atom. The maximum absolute atomic E-state index is 13.9. The number of thioether (sulfide) groups is 1. The number of halogens is 2. The van der Waals surface area contributed by atoms with Crippen LogP contribution in [0.2, 0.25) is 5.02 Å². The fourth-order valence-corrected chi connectivity index (χ4v) is 9.72. The second-order valence-electron chi connectivity index (χ2n) is 12.3. The Bertz CT molecular complexity index is 1290. The van der Waals surface area contributed by atoms with E-state index in [1.165, 1.54) is 43.9 Å². The molecule has 0 spiro atoms. The Labute approximate surface area is 256 Å². The maximum Gasteiger partial charge on any atom is 0.266 e. The molecule has 4 bridgehead atoms. The molecule has 2 saturated heterocycles. The summed E-state index contributed by atoms with van der Waals surface area (Å²) < 4.78 is 9.02. The molecule has 4 aliphatic carbocycles. The molecule has 6 aliphatic rings. The van der Waals surface area contributed by atoms with Crippen LogP contribution < -0.4 is 0 Å². The van der Waals surface area contributed by atoms with Crippen molar-refractivity contribution in [1.82, 2.24) is 14.2 Å². The molecule has 3 heterocycles. The van der Waals surface area contributed by atoms with Gasteiger partial charge in [-0.25, -0.2) is 4.42 Å². The molecule has 2 aromatic rings. The summed E-state index contributed by atoms with van der Waals surface area (Å²) in [6.07, 6.45) is 10.3. The Morgan fingerprint density at radius 3 is 2.35 bits per heavy atom. The van der Waals surface area contributed by atoms with E-state index >= 15 is 0 Å². The van der Waals surface area contributed by atoms with Gasteiger partial charge in [-0.2, -0.15) is 0 Å². The zero-order valence-electron chi connectivity index (χ0n) is 22.6. The number of hydrogen-bond donors (Lipinski definition) is 0. The third-order valence-corrected chi connectivity index (χ3v) is 11.7. The summed E-state index contributed by atoms with van der Waals surface area (Å²) in [5, 5.41) is 0.696. The van der Waals surface area contributed by atoms with Crippen molar-refractivity contribution in [3.8, 4) is 11.3 Å². The van der Waals surface area contributed by atoms with Crippen molar-refractivity contribution in [3.05, 3.63) is 51.6 Å². The average molecular weight is 617 g/mol. The lowest BCUT2D eigenvalue weighted by atomic mass is 9.54. The molecule has 4 saturated carbocycles. The number of nitrogens with zero attached hydrogens (tertiary/aromatic N) is 3. The number of benzene rings is 1. The monoisotopic (exact) mass is 615 g/mol. The van der Waals surface area contributed by atoms with Gasteiger partial charge in [0.2, 0.25) is 0 Å². The third kappa shape index (κ3) is 5.43. The average Bonchev–Trinajstić information content (AvgIpc) is 3.45. The van der Waals surface area contributed by atoms with Gasteiger partial charge in [0.1, 0.15) is 15.8 Å². The first kappa shape index (κ1) is 27.5. The van der Waals surface area contributed by atoms with Gasteiger partial charge < -0.3 is 9.32 Å². The van der Waals surface area contributed by atoms with Crippen molar-refractivity contribution in [2.75, 3.05) is 32.7 Å². The molecule has 1 amide bonds. The van der Waals surface area contributed by atoms with E-state index in [2.05, 4.69) is 11.0 Å². The van der Waals surface area contributed by atoms with Crippen molar-refractivity contribution < 1.29 is 9.21 Å². The molecule has 212 valence electrons. The molecule has 6 fully saturated rings. The lowest BCUT2D eigenvalue weighted by molar-refractivity contribution is -0.130. The summed E-state index contributed by atoms with van der Waals surface area (Å²) in [6.45, 7) is 4.78. The number of rotatable bonds is 7. The number of carbonyl (C=O) groups excluding carboxylic acids is 1. The third-order valence-electron chi connectivity index (χ3n) is 9.77. The van der Waals surface area contributed by atoms with Gasteiger partial charge in [-0.05, 0) is 123 Å². The standard InChI is InChI=1S/C31H35Cl2N3O2S2/c32-25-5-3-21(4-6-25)26-17-22(2-1-7-34-8-10-35(33)11-9-34)27(38-26)18-28-30(37)36(31(39)40-28)29-23-13-19-12-20(15-23)16-24(29)14-19/h3-6,17-20,23-24,29H,1-2,7-16H2/b28-18-. The number of thiocarbonyl (C=S) groups is 1. The van der Waals surface area contributed by atoms with E-state index in [1.54, 1.807) is 0 Å². The summed E-state index contributed by atoms with van der Waals surface area (Å²) in [4.78, 5) is 19.0. The predicted octanol–water partition coefficient (Wildman–Crippen LogP) is 7.33. The fourth-order valence-electron chi connectivity index (χ4n) is 8.13. The smallest absolute Gasteiger partial charge is 0.266 e. The Morgan fingerprint density at radius 1 is 1.00 bits per heavy atom. The number of amides is 1. The second-order valence-corrected chi connectivity index (χ2v) is 14.9. The molecular formula is C31H35Cl2N3O2S2. The zero-order valence-corrected chi connectivity index (χ0v) is 25.7. The Kier molecular flexibility index (Phi) is 7.82. The highest BCUT2D eigenvalue weighted by Crippen LogP contribution is 2.56. The number of hydrogen-bond acceptors (Lipinski definition) is 6. The molecule has 5 nitrogen and oxygen atoms in total. The van der Waals surface area contributed by atoms with E-state index in [9.17, 15) is 4.79 Å². The molecule has 0 atom stereocenters. The molecule has 1 aromatic carbocycles. The van der Waals surface area contributed by atoms with Gasteiger partial charge in [0.25, 0.3) is 5.91 Å². The summed E-state index contributed by atoms with van der Waals surface area (Å²) in [7, 11) is 0. The summed E-state index contributed by atoms with van der Waals surface area (Å²) in [6, 6.07) is 10.1. The van der Waals surface area contributed by atoms with Gasteiger partial charge in [0, 0.05) is 48.9 Å². The highest BCUT2D eigenvalue weighted by atomic mass is 35.5. The van der Waals surface area contributed by atoms with E-state index in [0.29, 0.717) is 21.8 Å². The molecule has 2 aliphatic heterocycles. The molecular weight excluding hydrogens is 581 g/mol. The largest absolute Gasteiger partial charge is 0.456 e. The van der Waals surface area contributed by atoms with E-state index in [1.807, 2.05) is 39.7 Å². The van der Waals surface area contributed by atoms with E-state index < -0.39 is 0 Å². The molecule has 0 unspecified atom stereocenters. The lowest BCUT2D eigenvalue weighted by Crippen LogP contribution is -2.57. The first-order chi connectivity index (χ1) is 19.4.